The quantitative estimate of drug-likeness (QED) is 0.740. The number of anilines is 1. The van der Waals surface area contributed by atoms with Gasteiger partial charge in [-0.25, -0.2) is 4.79 Å². The smallest absolute Gasteiger partial charge is 0.337 e. The number of rotatable bonds is 3. The molecule has 0 atom stereocenters. The molecule has 1 aliphatic carbocycles. The van der Waals surface area contributed by atoms with Crippen LogP contribution in [0.2, 0.25) is 0 Å². The number of nitrogens with zero attached hydrogens (tertiary/aromatic N) is 1. The number of pyridine rings is 1. The Hall–Kier alpha value is -1.62. The number of nitrogens with one attached hydrogen (secondary N) is 1. The van der Waals surface area contributed by atoms with Gasteiger partial charge in [-0.1, -0.05) is 0 Å². The number of carbonyl (C=O) groups is 1. The summed E-state index contributed by atoms with van der Waals surface area (Å²) in [6.45, 7) is 0. The second kappa shape index (κ2) is 5.14. The maximum atomic E-state index is 10.8. The second-order valence-corrected chi connectivity index (χ2v) is 4.42. The Bertz CT molecular complexity index is 400. The van der Waals surface area contributed by atoms with Crippen LogP contribution >= 0.6 is 0 Å². The highest BCUT2D eigenvalue weighted by Crippen LogP contribution is 2.22. The molecule has 0 radical (unpaired) electrons. The van der Waals surface area contributed by atoms with Gasteiger partial charge in [0.1, 0.15) is 0 Å². The van der Waals surface area contributed by atoms with E-state index in [1.165, 1.54) is 6.20 Å². The van der Waals surface area contributed by atoms with Crippen LogP contribution in [0.4, 0.5) is 5.69 Å². The Morgan fingerprint density at radius 1 is 1.29 bits per heavy atom. The molecule has 0 spiro atoms. The molecule has 1 aliphatic rings. The molecule has 1 aromatic rings. The first-order valence-electron chi connectivity index (χ1n) is 5.78. The van der Waals surface area contributed by atoms with Gasteiger partial charge in [-0.05, 0) is 31.7 Å². The molecule has 92 valence electrons. The third-order valence-corrected chi connectivity index (χ3v) is 3.05. The fraction of sp³-hybridized carbons (Fsp3) is 0.500. The van der Waals surface area contributed by atoms with Gasteiger partial charge in [-0.15, -0.1) is 0 Å². The van der Waals surface area contributed by atoms with Gasteiger partial charge in [0.25, 0.3) is 0 Å². The maximum absolute atomic E-state index is 10.8. The van der Waals surface area contributed by atoms with Crippen LogP contribution in [-0.2, 0) is 0 Å². The SMILES string of the molecule is O=C(O)c1cncc(NC2CCC(O)CC2)c1. The minimum absolute atomic E-state index is 0.184. The van der Waals surface area contributed by atoms with Gasteiger partial charge in [-0.3, -0.25) is 4.98 Å². The van der Waals surface area contributed by atoms with Crippen molar-refractivity contribution >= 4 is 11.7 Å². The number of aliphatic hydroxyl groups is 1. The first kappa shape index (κ1) is 11.9. The van der Waals surface area contributed by atoms with Gasteiger partial charge in [0.05, 0.1) is 17.4 Å². The summed E-state index contributed by atoms with van der Waals surface area (Å²) in [4.78, 5) is 14.7. The molecule has 1 heterocycles. The normalized spacial score (nSPS) is 24.3. The lowest BCUT2D eigenvalue weighted by atomic mass is 9.93. The van der Waals surface area contributed by atoms with Gasteiger partial charge in [0, 0.05) is 18.4 Å². The van der Waals surface area contributed by atoms with Crippen LogP contribution in [0, 0.1) is 0 Å². The van der Waals surface area contributed by atoms with Crippen molar-refractivity contribution in [2.24, 2.45) is 0 Å². The van der Waals surface area contributed by atoms with Gasteiger partial charge in [0.2, 0.25) is 0 Å². The third kappa shape index (κ3) is 3.17. The van der Waals surface area contributed by atoms with E-state index in [1.807, 2.05) is 0 Å². The monoisotopic (exact) mass is 236 g/mol. The summed E-state index contributed by atoms with van der Waals surface area (Å²) in [5.74, 6) is -0.972. The summed E-state index contributed by atoms with van der Waals surface area (Å²) in [5.41, 5.74) is 0.914. The van der Waals surface area contributed by atoms with Crippen LogP contribution in [-0.4, -0.2) is 33.3 Å². The molecule has 0 aliphatic heterocycles. The van der Waals surface area contributed by atoms with E-state index >= 15 is 0 Å². The van der Waals surface area contributed by atoms with Crippen molar-refractivity contribution in [1.82, 2.24) is 4.98 Å². The lowest BCUT2D eigenvalue weighted by Crippen LogP contribution is -2.28. The Labute approximate surface area is 99.5 Å². The van der Waals surface area contributed by atoms with E-state index in [2.05, 4.69) is 10.3 Å². The van der Waals surface area contributed by atoms with Crippen molar-refractivity contribution in [2.75, 3.05) is 5.32 Å². The summed E-state index contributed by atoms with van der Waals surface area (Å²) in [7, 11) is 0. The van der Waals surface area contributed by atoms with Crippen LogP contribution in [0.25, 0.3) is 0 Å². The van der Waals surface area contributed by atoms with Crippen LogP contribution in [0.5, 0.6) is 0 Å². The van der Waals surface area contributed by atoms with E-state index in [0.29, 0.717) is 6.04 Å². The zero-order chi connectivity index (χ0) is 12.3. The number of hydrogen-bond acceptors (Lipinski definition) is 4. The molecule has 0 bridgehead atoms. The van der Waals surface area contributed by atoms with Crippen LogP contribution < -0.4 is 5.32 Å². The highest BCUT2D eigenvalue weighted by Gasteiger charge is 2.19. The van der Waals surface area contributed by atoms with E-state index in [1.54, 1.807) is 12.3 Å². The summed E-state index contributed by atoms with van der Waals surface area (Å²) in [6, 6.07) is 1.88. The van der Waals surface area contributed by atoms with Crippen molar-refractivity contribution in [1.29, 1.82) is 0 Å². The molecule has 5 heteroatoms. The molecule has 1 fully saturated rings. The topological polar surface area (TPSA) is 82.5 Å². The molecule has 1 aromatic heterocycles. The Kier molecular flexibility index (Phi) is 3.58. The molecule has 1 saturated carbocycles. The fourth-order valence-corrected chi connectivity index (χ4v) is 2.09. The highest BCUT2D eigenvalue weighted by atomic mass is 16.4. The maximum Gasteiger partial charge on any atom is 0.337 e. The first-order chi connectivity index (χ1) is 8.15. The van der Waals surface area contributed by atoms with Crippen LogP contribution in [0.1, 0.15) is 36.0 Å². The third-order valence-electron chi connectivity index (χ3n) is 3.05. The van der Waals surface area contributed by atoms with Gasteiger partial charge in [-0.2, -0.15) is 0 Å². The number of aromatic carboxylic acids is 1. The molecular weight excluding hydrogens is 220 g/mol. The second-order valence-electron chi connectivity index (χ2n) is 4.42. The van der Waals surface area contributed by atoms with Gasteiger partial charge in [0.15, 0.2) is 0 Å². The number of carboxylic acids is 1. The lowest BCUT2D eigenvalue weighted by molar-refractivity contribution is 0.0696. The Balaban J connectivity index is 1.98. The summed E-state index contributed by atoms with van der Waals surface area (Å²) in [6.07, 6.45) is 6.16. The number of aromatic nitrogens is 1. The zero-order valence-electron chi connectivity index (χ0n) is 9.47. The summed E-state index contributed by atoms with van der Waals surface area (Å²) >= 11 is 0. The Morgan fingerprint density at radius 3 is 2.65 bits per heavy atom. The molecule has 0 unspecified atom stereocenters. The summed E-state index contributed by atoms with van der Waals surface area (Å²) in [5, 5.41) is 21.5. The largest absolute Gasteiger partial charge is 0.478 e. The predicted molar refractivity (Wildman–Crippen MR) is 63.1 cm³/mol. The zero-order valence-corrected chi connectivity index (χ0v) is 9.47. The predicted octanol–water partition coefficient (Wildman–Crippen LogP) is 1.50. The van der Waals surface area contributed by atoms with E-state index in [4.69, 9.17) is 5.11 Å². The van der Waals surface area contributed by atoms with Crippen LogP contribution in [0.15, 0.2) is 18.5 Å². The van der Waals surface area contributed by atoms with Crippen molar-refractivity contribution in [2.45, 2.75) is 37.8 Å². The van der Waals surface area contributed by atoms with Crippen molar-refractivity contribution in [3.05, 3.63) is 24.0 Å². The molecule has 5 nitrogen and oxygen atoms in total. The molecule has 17 heavy (non-hydrogen) atoms. The number of hydrogen-bond donors (Lipinski definition) is 3. The number of carboxylic acid groups (broad SMARTS) is 1. The van der Waals surface area contributed by atoms with E-state index in [0.717, 1.165) is 31.4 Å². The van der Waals surface area contributed by atoms with E-state index in [9.17, 15) is 9.90 Å². The standard InChI is InChI=1S/C12H16N2O3/c15-11-3-1-9(2-4-11)14-10-5-8(12(16)17)6-13-7-10/h5-7,9,11,14-15H,1-4H2,(H,16,17). The molecule has 2 rings (SSSR count). The van der Waals surface area contributed by atoms with Crippen molar-refractivity contribution in [3.63, 3.8) is 0 Å². The highest BCUT2D eigenvalue weighted by molar-refractivity contribution is 5.88. The minimum atomic E-state index is -0.972. The average molecular weight is 236 g/mol. The summed E-state index contributed by atoms with van der Waals surface area (Å²) < 4.78 is 0. The Morgan fingerprint density at radius 2 is 2.00 bits per heavy atom. The fourth-order valence-electron chi connectivity index (χ4n) is 2.09. The van der Waals surface area contributed by atoms with Gasteiger partial charge < -0.3 is 15.5 Å². The van der Waals surface area contributed by atoms with E-state index in [-0.39, 0.29) is 11.7 Å². The van der Waals surface area contributed by atoms with E-state index < -0.39 is 5.97 Å². The minimum Gasteiger partial charge on any atom is -0.478 e. The molecule has 0 amide bonds. The lowest BCUT2D eigenvalue weighted by Gasteiger charge is -2.26. The number of aliphatic hydroxyl groups excluding tert-OH is 1. The van der Waals surface area contributed by atoms with Crippen LogP contribution in [0.3, 0.4) is 0 Å². The molecular formula is C12H16N2O3. The van der Waals surface area contributed by atoms with Gasteiger partial charge >= 0.3 is 5.97 Å². The molecule has 0 aromatic carbocycles. The molecule has 0 saturated heterocycles. The van der Waals surface area contributed by atoms with Crippen molar-refractivity contribution in [3.8, 4) is 0 Å². The van der Waals surface area contributed by atoms with Crippen molar-refractivity contribution < 1.29 is 15.0 Å². The first-order valence-corrected chi connectivity index (χ1v) is 5.78. The average Bonchev–Trinajstić information content (AvgIpc) is 2.32. The molecule has 3 N–H and O–H groups in total.